The number of nitriles is 1. The van der Waals surface area contributed by atoms with Crippen LogP contribution in [0, 0.1) is 25.2 Å². The molecule has 1 amide bonds. The van der Waals surface area contributed by atoms with Crippen molar-refractivity contribution in [3.63, 3.8) is 0 Å². The molecule has 142 valence electrons. The van der Waals surface area contributed by atoms with Crippen LogP contribution in [-0.2, 0) is 6.42 Å². The zero-order valence-corrected chi connectivity index (χ0v) is 17.1. The Morgan fingerprint density at radius 1 is 1.21 bits per heavy atom. The fourth-order valence-corrected chi connectivity index (χ4v) is 3.40. The lowest BCUT2D eigenvalue weighted by Crippen LogP contribution is -2.21. The van der Waals surface area contributed by atoms with Gasteiger partial charge in [-0.05, 0) is 49.7 Å². The molecule has 0 fully saturated rings. The molecule has 1 heterocycles. The number of nitrogens with zero attached hydrogens (tertiary/aromatic N) is 4. The first-order chi connectivity index (χ1) is 13.3. The number of carbonyl (C=O) groups is 1. The zero-order chi connectivity index (χ0) is 20.4. The van der Waals surface area contributed by atoms with E-state index < -0.39 is 0 Å². The fraction of sp³-hybridized carbons (Fsp3) is 0.227. The highest BCUT2D eigenvalue weighted by Gasteiger charge is 2.15. The molecule has 28 heavy (non-hydrogen) atoms. The van der Waals surface area contributed by atoms with E-state index in [1.165, 1.54) is 0 Å². The summed E-state index contributed by atoms with van der Waals surface area (Å²) in [6, 6.07) is 15.0. The van der Waals surface area contributed by atoms with Gasteiger partial charge < -0.3 is 4.90 Å². The van der Waals surface area contributed by atoms with Crippen LogP contribution < -0.4 is 0 Å². The molecule has 6 heteroatoms. The Balaban J connectivity index is 1.95. The highest BCUT2D eigenvalue weighted by molar-refractivity contribution is 6.31. The van der Waals surface area contributed by atoms with E-state index in [2.05, 4.69) is 11.2 Å². The topological polar surface area (TPSA) is 61.9 Å². The summed E-state index contributed by atoms with van der Waals surface area (Å²) in [7, 11) is 3.49. The molecule has 5 nitrogen and oxygen atoms in total. The molecule has 0 saturated heterocycles. The molecule has 0 aliphatic rings. The minimum atomic E-state index is -0.0155. The van der Waals surface area contributed by atoms with Gasteiger partial charge in [-0.1, -0.05) is 23.7 Å². The van der Waals surface area contributed by atoms with Crippen LogP contribution in [-0.4, -0.2) is 34.7 Å². The lowest BCUT2D eigenvalue weighted by atomic mass is 10.0. The highest BCUT2D eigenvalue weighted by Crippen LogP contribution is 2.24. The second-order valence-corrected chi connectivity index (χ2v) is 7.32. The maximum Gasteiger partial charge on any atom is 0.253 e. The van der Waals surface area contributed by atoms with Gasteiger partial charge >= 0.3 is 0 Å². The number of hydrogen-bond acceptors (Lipinski definition) is 3. The van der Waals surface area contributed by atoms with E-state index in [9.17, 15) is 4.79 Å². The van der Waals surface area contributed by atoms with Crippen molar-refractivity contribution < 1.29 is 4.79 Å². The smallest absolute Gasteiger partial charge is 0.253 e. The van der Waals surface area contributed by atoms with Crippen LogP contribution >= 0.6 is 11.6 Å². The minimum Gasteiger partial charge on any atom is -0.345 e. The van der Waals surface area contributed by atoms with Gasteiger partial charge in [0, 0.05) is 37.3 Å². The number of carbonyl (C=O) groups excluding carboxylic acids is 1. The van der Waals surface area contributed by atoms with E-state index in [1.54, 1.807) is 31.1 Å². The first-order valence-corrected chi connectivity index (χ1v) is 9.25. The predicted octanol–water partition coefficient (Wildman–Crippen LogP) is 4.31. The molecule has 0 spiro atoms. The van der Waals surface area contributed by atoms with Crippen molar-refractivity contribution in [1.82, 2.24) is 14.7 Å². The maximum atomic E-state index is 12.2. The molecule has 0 bridgehead atoms. The molecular weight excluding hydrogens is 372 g/mol. The van der Waals surface area contributed by atoms with E-state index in [1.807, 2.05) is 48.9 Å². The van der Waals surface area contributed by atoms with Crippen LogP contribution in [0.4, 0.5) is 0 Å². The zero-order valence-electron chi connectivity index (χ0n) is 16.3. The van der Waals surface area contributed by atoms with E-state index in [0.29, 0.717) is 22.6 Å². The lowest BCUT2D eigenvalue weighted by molar-refractivity contribution is 0.0827. The average molecular weight is 393 g/mol. The molecular formula is C22H21ClN4O. The van der Waals surface area contributed by atoms with Gasteiger partial charge in [-0.3, -0.25) is 4.79 Å². The summed E-state index contributed by atoms with van der Waals surface area (Å²) in [5, 5.41) is 14.1. The highest BCUT2D eigenvalue weighted by atomic mass is 35.5. The molecule has 0 aliphatic carbocycles. The molecule has 0 radical (unpaired) electrons. The Hall–Kier alpha value is -3.10. The number of aromatic nitrogens is 2. The van der Waals surface area contributed by atoms with Gasteiger partial charge in [0.05, 0.1) is 22.0 Å². The van der Waals surface area contributed by atoms with Gasteiger partial charge in [-0.25, -0.2) is 4.68 Å². The third kappa shape index (κ3) is 3.78. The van der Waals surface area contributed by atoms with Gasteiger partial charge in [0.15, 0.2) is 0 Å². The van der Waals surface area contributed by atoms with E-state index >= 15 is 0 Å². The first-order valence-electron chi connectivity index (χ1n) is 8.87. The number of aryl methyl sites for hydroxylation is 1. The van der Waals surface area contributed by atoms with Gasteiger partial charge in [0.25, 0.3) is 5.91 Å². The molecule has 1 aromatic heterocycles. The molecule has 2 aromatic carbocycles. The molecule has 0 atom stereocenters. The van der Waals surface area contributed by atoms with Crippen molar-refractivity contribution in [3.8, 4) is 11.8 Å². The predicted molar refractivity (Wildman–Crippen MR) is 110 cm³/mol. The van der Waals surface area contributed by atoms with Crippen LogP contribution in [0.1, 0.15) is 38.4 Å². The lowest BCUT2D eigenvalue weighted by Gasteiger charge is -2.11. The van der Waals surface area contributed by atoms with Crippen LogP contribution in [0.2, 0.25) is 5.02 Å². The average Bonchev–Trinajstić information content (AvgIpc) is 2.95. The second-order valence-electron chi connectivity index (χ2n) is 6.91. The van der Waals surface area contributed by atoms with Crippen LogP contribution in [0.15, 0.2) is 42.5 Å². The number of rotatable bonds is 4. The van der Waals surface area contributed by atoms with Crippen molar-refractivity contribution in [2.45, 2.75) is 20.3 Å². The first kappa shape index (κ1) is 19.7. The number of halogens is 1. The standard InChI is InChI=1S/C22H21ClN4O/c1-14-20(11-16-6-5-7-17(10-16)22(28)26(3)4)15(2)27(25-14)19-9-8-18(13-24)21(23)12-19/h5-10,12H,11H2,1-4H3. The van der Waals surface area contributed by atoms with Crippen LogP contribution in [0.5, 0.6) is 0 Å². The van der Waals surface area contributed by atoms with E-state index in [4.69, 9.17) is 16.9 Å². The van der Waals surface area contributed by atoms with Gasteiger partial charge in [0.1, 0.15) is 6.07 Å². The second kappa shape index (κ2) is 7.87. The summed E-state index contributed by atoms with van der Waals surface area (Å²) in [6.45, 7) is 3.98. The van der Waals surface area contributed by atoms with E-state index in [0.717, 1.165) is 28.2 Å². The van der Waals surface area contributed by atoms with Crippen molar-refractivity contribution >= 4 is 17.5 Å². The summed E-state index contributed by atoms with van der Waals surface area (Å²) in [6.07, 6.45) is 0.677. The van der Waals surface area contributed by atoms with E-state index in [-0.39, 0.29) is 5.91 Å². The molecule has 3 rings (SSSR count). The summed E-state index contributed by atoms with van der Waals surface area (Å²) in [5.74, 6) is -0.0155. The Morgan fingerprint density at radius 3 is 2.61 bits per heavy atom. The minimum absolute atomic E-state index is 0.0155. The van der Waals surface area contributed by atoms with Crippen LogP contribution in [0.25, 0.3) is 5.69 Å². The summed E-state index contributed by atoms with van der Waals surface area (Å²) >= 11 is 6.18. The van der Waals surface area contributed by atoms with Gasteiger partial charge in [0.2, 0.25) is 0 Å². The largest absolute Gasteiger partial charge is 0.345 e. The third-order valence-corrected chi connectivity index (χ3v) is 5.03. The molecule has 0 saturated carbocycles. The van der Waals surface area contributed by atoms with Crippen molar-refractivity contribution in [2.24, 2.45) is 0 Å². The van der Waals surface area contributed by atoms with Crippen molar-refractivity contribution in [3.05, 3.63) is 81.1 Å². The number of hydrogen-bond donors (Lipinski definition) is 0. The number of amides is 1. The van der Waals surface area contributed by atoms with Gasteiger partial charge in [-0.2, -0.15) is 10.4 Å². The SMILES string of the molecule is Cc1nn(-c2ccc(C#N)c(Cl)c2)c(C)c1Cc1cccc(C(=O)N(C)C)c1. The molecule has 0 unspecified atom stereocenters. The summed E-state index contributed by atoms with van der Waals surface area (Å²) in [5.41, 5.74) is 6.00. The summed E-state index contributed by atoms with van der Waals surface area (Å²) < 4.78 is 1.84. The molecule has 0 aliphatic heterocycles. The Bertz CT molecular complexity index is 1090. The van der Waals surface area contributed by atoms with Crippen LogP contribution in [0.3, 0.4) is 0 Å². The maximum absolute atomic E-state index is 12.2. The molecule has 0 N–H and O–H groups in total. The normalized spacial score (nSPS) is 10.6. The summed E-state index contributed by atoms with van der Waals surface area (Å²) in [4.78, 5) is 13.8. The third-order valence-electron chi connectivity index (χ3n) is 4.72. The van der Waals surface area contributed by atoms with Gasteiger partial charge in [-0.15, -0.1) is 0 Å². The Morgan fingerprint density at radius 2 is 1.96 bits per heavy atom. The number of benzene rings is 2. The fourth-order valence-electron chi connectivity index (χ4n) is 3.19. The van der Waals surface area contributed by atoms with Crippen molar-refractivity contribution in [1.29, 1.82) is 5.26 Å². The quantitative estimate of drug-likeness (QED) is 0.664. The Labute approximate surface area is 169 Å². The van der Waals surface area contributed by atoms with Crippen molar-refractivity contribution in [2.75, 3.05) is 14.1 Å². The monoisotopic (exact) mass is 392 g/mol. The Kier molecular flexibility index (Phi) is 5.53. The molecule has 3 aromatic rings.